The van der Waals surface area contributed by atoms with Gasteiger partial charge in [-0.3, -0.25) is 0 Å². The third kappa shape index (κ3) is 3.66. The monoisotopic (exact) mass is 334 g/mol. The molecule has 5 heteroatoms. The number of hydrogen-bond acceptors (Lipinski definition) is 3. The first-order valence-electron chi connectivity index (χ1n) is 8.45. The lowest BCUT2D eigenvalue weighted by Gasteiger charge is -2.34. The molecule has 0 spiro atoms. The molecule has 132 valence electrons. The van der Waals surface area contributed by atoms with Crippen molar-refractivity contribution in [2.24, 2.45) is 5.41 Å². The van der Waals surface area contributed by atoms with Gasteiger partial charge in [-0.2, -0.15) is 0 Å². The van der Waals surface area contributed by atoms with Crippen molar-refractivity contribution in [3.63, 3.8) is 0 Å². The summed E-state index contributed by atoms with van der Waals surface area (Å²) < 4.78 is 26.0. The standard InChI is InChI=1S/C19H28BFO3/c1-12-14(20-11-18(5,6)19(7,8)24-20)9-13(10-15(12)21)16(22)23-17(2,3)4/h9-10H,11H2,1-8H3. The van der Waals surface area contributed by atoms with Gasteiger partial charge in [-0.1, -0.05) is 19.9 Å². The first kappa shape index (κ1) is 19.0. The van der Waals surface area contributed by atoms with E-state index in [-0.39, 0.29) is 23.5 Å². The van der Waals surface area contributed by atoms with Crippen molar-refractivity contribution >= 4 is 18.3 Å². The quantitative estimate of drug-likeness (QED) is 0.603. The highest BCUT2D eigenvalue weighted by Gasteiger charge is 2.50. The Labute approximate surface area is 145 Å². The van der Waals surface area contributed by atoms with Gasteiger partial charge in [0.2, 0.25) is 0 Å². The van der Waals surface area contributed by atoms with E-state index >= 15 is 0 Å². The number of esters is 1. The Bertz CT molecular complexity index is 643. The first-order valence-corrected chi connectivity index (χ1v) is 8.45. The minimum Gasteiger partial charge on any atom is -0.456 e. The molecule has 1 heterocycles. The number of hydrogen-bond donors (Lipinski definition) is 0. The molecule has 0 N–H and O–H groups in total. The van der Waals surface area contributed by atoms with Gasteiger partial charge in [-0.25, -0.2) is 9.18 Å². The molecular weight excluding hydrogens is 306 g/mol. The van der Waals surface area contributed by atoms with Crippen molar-refractivity contribution in [3.05, 3.63) is 29.1 Å². The molecule has 0 radical (unpaired) electrons. The zero-order chi connectivity index (χ0) is 18.5. The van der Waals surface area contributed by atoms with E-state index in [4.69, 9.17) is 9.39 Å². The molecule has 2 rings (SSSR count). The molecule has 1 aliphatic heterocycles. The highest BCUT2D eigenvalue weighted by Crippen LogP contribution is 2.45. The van der Waals surface area contributed by atoms with Crippen LogP contribution in [0.2, 0.25) is 6.32 Å². The average Bonchev–Trinajstić information content (AvgIpc) is 2.59. The molecule has 1 aromatic rings. The van der Waals surface area contributed by atoms with E-state index in [0.717, 1.165) is 11.8 Å². The van der Waals surface area contributed by atoms with Crippen molar-refractivity contribution in [1.29, 1.82) is 0 Å². The molecule has 0 amide bonds. The van der Waals surface area contributed by atoms with E-state index < -0.39 is 17.4 Å². The number of carbonyl (C=O) groups is 1. The van der Waals surface area contributed by atoms with Gasteiger partial charge >= 0.3 is 12.9 Å². The second-order valence-corrected chi connectivity index (χ2v) is 8.88. The largest absolute Gasteiger partial charge is 0.456 e. The van der Waals surface area contributed by atoms with E-state index in [0.29, 0.717) is 5.56 Å². The molecule has 1 aliphatic rings. The van der Waals surface area contributed by atoms with Gasteiger partial charge in [0.05, 0.1) is 11.2 Å². The van der Waals surface area contributed by atoms with Gasteiger partial charge < -0.3 is 9.39 Å². The minimum atomic E-state index is -0.619. The lowest BCUT2D eigenvalue weighted by atomic mass is 9.53. The second-order valence-electron chi connectivity index (χ2n) is 8.88. The summed E-state index contributed by atoms with van der Waals surface area (Å²) >= 11 is 0. The number of ether oxygens (including phenoxy) is 1. The van der Waals surface area contributed by atoms with Gasteiger partial charge in [0.1, 0.15) is 11.4 Å². The summed E-state index contributed by atoms with van der Waals surface area (Å²) in [5.41, 5.74) is 0.515. The molecular formula is C19H28BFO3. The van der Waals surface area contributed by atoms with E-state index in [9.17, 15) is 9.18 Å². The predicted octanol–water partition coefficient (Wildman–Crippen LogP) is 4.12. The van der Waals surface area contributed by atoms with Crippen LogP contribution in [-0.2, 0) is 9.39 Å². The van der Waals surface area contributed by atoms with E-state index in [2.05, 4.69) is 27.7 Å². The summed E-state index contributed by atoms with van der Waals surface area (Å²) in [5.74, 6) is -0.918. The molecule has 1 fully saturated rings. The van der Waals surface area contributed by atoms with Crippen LogP contribution in [-0.4, -0.2) is 24.1 Å². The average molecular weight is 334 g/mol. The summed E-state index contributed by atoms with van der Waals surface area (Å²) in [6.07, 6.45) is 0.776. The van der Waals surface area contributed by atoms with Crippen LogP contribution >= 0.6 is 0 Å². The SMILES string of the molecule is Cc1c(F)cc(C(=O)OC(C)(C)C)cc1B1CC(C)(C)C(C)(C)O1. The molecule has 0 saturated carbocycles. The van der Waals surface area contributed by atoms with Crippen molar-refractivity contribution < 1.29 is 18.6 Å². The zero-order valence-electron chi connectivity index (χ0n) is 16.0. The lowest BCUT2D eigenvalue weighted by molar-refractivity contribution is 0.00691. The van der Waals surface area contributed by atoms with Crippen molar-refractivity contribution in [3.8, 4) is 0 Å². The second kappa shape index (κ2) is 5.87. The maximum absolute atomic E-state index is 14.4. The normalized spacial score (nSPS) is 19.5. The molecule has 24 heavy (non-hydrogen) atoms. The Hall–Kier alpha value is -1.36. The molecule has 0 atom stereocenters. The lowest BCUT2D eigenvalue weighted by Crippen LogP contribution is -2.37. The highest BCUT2D eigenvalue weighted by atomic mass is 19.1. The number of halogens is 1. The minimum absolute atomic E-state index is 0.0392. The fourth-order valence-electron chi connectivity index (χ4n) is 2.93. The zero-order valence-corrected chi connectivity index (χ0v) is 16.0. The number of rotatable bonds is 2. The van der Waals surface area contributed by atoms with Crippen molar-refractivity contribution in [1.82, 2.24) is 0 Å². The van der Waals surface area contributed by atoms with Gasteiger partial charge in [-0.05, 0) is 70.4 Å². The van der Waals surface area contributed by atoms with Gasteiger partial charge in [-0.15, -0.1) is 0 Å². The van der Waals surface area contributed by atoms with Crippen LogP contribution < -0.4 is 5.46 Å². The summed E-state index contributed by atoms with van der Waals surface area (Å²) in [6.45, 7) is 15.3. The molecule has 1 aromatic carbocycles. The maximum Gasteiger partial charge on any atom is 0.338 e. The van der Waals surface area contributed by atoms with Crippen LogP contribution in [0.4, 0.5) is 4.39 Å². The maximum atomic E-state index is 14.4. The smallest absolute Gasteiger partial charge is 0.338 e. The van der Waals surface area contributed by atoms with Crippen molar-refractivity contribution in [2.75, 3.05) is 0 Å². The molecule has 0 unspecified atom stereocenters. The van der Waals surface area contributed by atoms with Gasteiger partial charge in [0.25, 0.3) is 0 Å². The molecule has 0 bridgehead atoms. The molecule has 3 nitrogen and oxygen atoms in total. The summed E-state index contributed by atoms with van der Waals surface area (Å²) in [7, 11) is 0. The van der Waals surface area contributed by atoms with E-state index in [1.807, 2.05) is 0 Å². The van der Waals surface area contributed by atoms with E-state index in [1.165, 1.54) is 6.07 Å². The Balaban J connectivity index is 2.40. The van der Waals surface area contributed by atoms with Crippen LogP contribution in [0.1, 0.15) is 64.4 Å². The van der Waals surface area contributed by atoms with Gasteiger partial charge in [0.15, 0.2) is 0 Å². The van der Waals surface area contributed by atoms with Crippen LogP contribution in [0.3, 0.4) is 0 Å². The van der Waals surface area contributed by atoms with Crippen LogP contribution in [0.25, 0.3) is 0 Å². The van der Waals surface area contributed by atoms with E-state index in [1.54, 1.807) is 33.8 Å². The van der Waals surface area contributed by atoms with Gasteiger partial charge in [0, 0.05) is 0 Å². The Kier molecular flexibility index (Phi) is 4.64. The molecule has 0 aromatic heterocycles. The van der Waals surface area contributed by atoms with Crippen molar-refractivity contribution in [2.45, 2.75) is 72.9 Å². The Morgan fingerprint density at radius 2 is 1.83 bits per heavy atom. The predicted molar refractivity (Wildman–Crippen MR) is 95.4 cm³/mol. The number of benzene rings is 1. The van der Waals surface area contributed by atoms with Crippen LogP contribution in [0.15, 0.2) is 12.1 Å². The summed E-state index contributed by atoms with van der Waals surface area (Å²) in [6, 6.07) is 2.97. The highest BCUT2D eigenvalue weighted by molar-refractivity contribution is 6.68. The molecule has 0 aliphatic carbocycles. The Morgan fingerprint density at radius 3 is 2.29 bits per heavy atom. The molecule has 1 saturated heterocycles. The fraction of sp³-hybridized carbons (Fsp3) is 0.632. The Morgan fingerprint density at radius 1 is 1.25 bits per heavy atom. The number of carbonyl (C=O) groups excluding carboxylic acids is 1. The summed E-state index contributed by atoms with van der Waals surface area (Å²) in [5, 5.41) is 0. The fourth-order valence-corrected chi connectivity index (χ4v) is 2.93. The first-order chi connectivity index (χ1) is 10.7. The van der Waals surface area contributed by atoms with Crippen LogP contribution in [0.5, 0.6) is 0 Å². The third-order valence-corrected chi connectivity index (χ3v) is 5.13. The summed E-state index contributed by atoms with van der Waals surface area (Å²) in [4.78, 5) is 12.3. The third-order valence-electron chi connectivity index (χ3n) is 5.13. The van der Waals surface area contributed by atoms with Crippen LogP contribution in [0, 0.1) is 18.2 Å². The topological polar surface area (TPSA) is 35.5 Å².